The van der Waals surface area contributed by atoms with Crippen LogP contribution in [0.3, 0.4) is 0 Å². The highest BCUT2D eigenvalue weighted by Crippen LogP contribution is 2.59. The number of phenolic OH excluding ortho intramolecular Hbond substituents is 1. The van der Waals surface area contributed by atoms with Gasteiger partial charge in [0.05, 0.1) is 5.56 Å². The van der Waals surface area contributed by atoms with E-state index in [1.54, 1.807) is 6.07 Å². The molecule has 0 heterocycles. The van der Waals surface area contributed by atoms with Crippen molar-refractivity contribution in [2.24, 2.45) is 23.2 Å². The van der Waals surface area contributed by atoms with Crippen LogP contribution >= 0.6 is 11.6 Å². The number of carbonyl (C=O) groups is 1. The third-order valence-electron chi connectivity index (χ3n) is 5.99. The standard InChI is InChI=1S/C18H22ClNO2/c19-14-1-2-16(21)15(6-14)17(22)20-10-18-7-11-3-12(8-18)5-13(4-11)9-18/h1-2,6,11-13,21H,3-5,7-10H2,(H,20,22). The van der Waals surface area contributed by atoms with Crippen LogP contribution in [-0.4, -0.2) is 17.6 Å². The van der Waals surface area contributed by atoms with Gasteiger partial charge in [-0.05, 0) is 79.9 Å². The summed E-state index contributed by atoms with van der Waals surface area (Å²) in [5.41, 5.74) is 0.579. The molecule has 4 fully saturated rings. The zero-order valence-electron chi connectivity index (χ0n) is 12.6. The number of hydrogen-bond acceptors (Lipinski definition) is 2. The SMILES string of the molecule is O=C(NCC12CC3CC(CC(C3)C1)C2)c1cc(Cl)ccc1O. The summed E-state index contributed by atoms with van der Waals surface area (Å²) in [5.74, 6) is 2.41. The first kappa shape index (κ1) is 14.4. The summed E-state index contributed by atoms with van der Waals surface area (Å²) < 4.78 is 0. The van der Waals surface area contributed by atoms with Crippen molar-refractivity contribution in [1.29, 1.82) is 0 Å². The van der Waals surface area contributed by atoms with E-state index in [0.717, 1.165) is 24.3 Å². The Kier molecular flexibility index (Phi) is 3.37. The average Bonchev–Trinajstić information content (AvgIpc) is 2.46. The monoisotopic (exact) mass is 319 g/mol. The van der Waals surface area contributed by atoms with Crippen molar-refractivity contribution in [3.8, 4) is 5.75 Å². The lowest BCUT2D eigenvalue weighted by Crippen LogP contribution is -2.51. The smallest absolute Gasteiger partial charge is 0.255 e. The van der Waals surface area contributed by atoms with Gasteiger partial charge in [-0.3, -0.25) is 4.79 Å². The molecule has 4 aliphatic carbocycles. The number of amides is 1. The Morgan fingerprint density at radius 1 is 1.18 bits per heavy atom. The van der Waals surface area contributed by atoms with Gasteiger partial charge in [0.2, 0.25) is 0 Å². The number of aromatic hydroxyl groups is 1. The number of rotatable bonds is 3. The van der Waals surface area contributed by atoms with Crippen LogP contribution in [0, 0.1) is 23.2 Å². The first-order chi connectivity index (χ1) is 10.5. The van der Waals surface area contributed by atoms with E-state index in [0.29, 0.717) is 10.4 Å². The van der Waals surface area contributed by atoms with E-state index < -0.39 is 0 Å². The molecule has 1 aromatic rings. The fourth-order valence-corrected chi connectivity index (χ4v) is 5.73. The molecule has 5 rings (SSSR count). The first-order valence-corrected chi connectivity index (χ1v) is 8.67. The van der Waals surface area contributed by atoms with Crippen molar-refractivity contribution < 1.29 is 9.90 Å². The Morgan fingerprint density at radius 2 is 1.77 bits per heavy atom. The van der Waals surface area contributed by atoms with E-state index in [4.69, 9.17) is 11.6 Å². The fourth-order valence-electron chi connectivity index (χ4n) is 5.56. The van der Waals surface area contributed by atoms with Gasteiger partial charge in [-0.15, -0.1) is 0 Å². The Balaban J connectivity index is 1.46. The van der Waals surface area contributed by atoms with Gasteiger partial charge in [0.1, 0.15) is 5.75 Å². The largest absolute Gasteiger partial charge is 0.507 e. The van der Waals surface area contributed by atoms with Crippen LogP contribution in [0.2, 0.25) is 5.02 Å². The molecule has 4 aliphatic rings. The van der Waals surface area contributed by atoms with Crippen LogP contribution < -0.4 is 5.32 Å². The van der Waals surface area contributed by atoms with Crippen molar-refractivity contribution in [3.63, 3.8) is 0 Å². The zero-order valence-corrected chi connectivity index (χ0v) is 13.4. The molecule has 4 saturated carbocycles. The van der Waals surface area contributed by atoms with Crippen LogP contribution in [0.1, 0.15) is 48.9 Å². The minimum absolute atomic E-state index is 0.00703. The summed E-state index contributed by atoms with van der Waals surface area (Å²) >= 11 is 5.93. The Morgan fingerprint density at radius 3 is 2.36 bits per heavy atom. The second kappa shape index (κ2) is 5.16. The minimum Gasteiger partial charge on any atom is -0.507 e. The van der Waals surface area contributed by atoms with Gasteiger partial charge < -0.3 is 10.4 Å². The zero-order chi connectivity index (χ0) is 15.3. The summed E-state index contributed by atoms with van der Waals surface area (Å²) in [6.45, 7) is 0.737. The third kappa shape index (κ3) is 2.50. The Hall–Kier alpha value is -1.22. The van der Waals surface area contributed by atoms with Crippen LogP contribution in [0.25, 0.3) is 0 Å². The summed E-state index contributed by atoms with van der Waals surface area (Å²) in [4.78, 5) is 12.4. The number of carbonyl (C=O) groups excluding carboxylic acids is 1. The number of benzene rings is 1. The van der Waals surface area contributed by atoms with Gasteiger partial charge in [-0.25, -0.2) is 0 Å². The molecule has 22 heavy (non-hydrogen) atoms. The molecule has 4 bridgehead atoms. The lowest BCUT2D eigenvalue weighted by Gasteiger charge is -2.56. The lowest BCUT2D eigenvalue weighted by molar-refractivity contribution is -0.0503. The predicted octanol–water partition coefficient (Wildman–Crippen LogP) is 3.99. The highest BCUT2D eigenvalue weighted by atomic mass is 35.5. The van der Waals surface area contributed by atoms with Crippen molar-refractivity contribution >= 4 is 17.5 Å². The first-order valence-electron chi connectivity index (χ1n) is 8.30. The van der Waals surface area contributed by atoms with Crippen molar-refractivity contribution in [2.45, 2.75) is 38.5 Å². The maximum absolute atomic E-state index is 12.4. The molecule has 2 N–H and O–H groups in total. The molecular formula is C18H22ClNO2. The quantitative estimate of drug-likeness (QED) is 0.885. The fraction of sp³-hybridized carbons (Fsp3) is 0.611. The van der Waals surface area contributed by atoms with Gasteiger partial charge in [0, 0.05) is 11.6 Å². The number of phenols is 1. The highest BCUT2D eigenvalue weighted by Gasteiger charge is 2.50. The van der Waals surface area contributed by atoms with Gasteiger partial charge >= 0.3 is 0 Å². The summed E-state index contributed by atoms with van der Waals surface area (Å²) in [6, 6.07) is 4.60. The molecule has 0 atom stereocenters. The van der Waals surface area contributed by atoms with Gasteiger partial charge in [-0.1, -0.05) is 11.6 Å². The van der Waals surface area contributed by atoms with Crippen molar-refractivity contribution in [2.75, 3.05) is 6.54 Å². The van der Waals surface area contributed by atoms with Gasteiger partial charge in [0.25, 0.3) is 5.91 Å². The minimum atomic E-state index is -0.212. The highest BCUT2D eigenvalue weighted by molar-refractivity contribution is 6.31. The number of halogens is 1. The van der Waals surface area contributed by atoms with E-state index in [1.807, 2.05) is 0 Å². The molecule has 0 aliphatic heterocycles. The summed E-state index contributed by atoms with van der Waals surface area (Å²) in [5, 5.41) is 13.4. The molecular weight excluding hydrogens is 298 g/mol. The van der Waals surface area contributed by atoms with Crippen molar-refractivity contribution in [1.82, 2.24) is 5.32 Å². The van der Waals surface area contributed by atoms with Crippen LogP contribution in [0.5, 0.6) is 5.75 Å². The van der Waals surface area contributed by atoms with Gasteiger partial charge in [-0.2, -0.15) is 0 Å². The van der Waals surface area contributed by atoms with E-state index in [9.17, 15) is 9.90 Å². The maximum Gasteiger partial charge on any atom is 0.255 e. The molecule has 0 saturated heterocycles. The van der Waals surface area contributed by atoms with E-state index in [1.165, 1.54) is 50.7 Å². The van der Waals surface area contributed by atoms with Gasteiger partial charge in [0.15, 0.2) is 0 Å². The maximum atomic E-state index is 12.4. The topological polar surface area (TPSA) is 49.3 Å². The molecule has 0 radical (unpaired) electrons. The second-order valence-electron chi connectivity index (χ2n) is 7.76. The molecule has 4 heteroatoms. The van der Waals surface area contributed by atoms with Crippen LogP contribution in [-0.2, 0) is 0 Å². The summed E-state index contributed by atoms with van der Waals surface area (Å²) in [6.07, 6.45) is 8.01. The Labute approximate surface area is 136 Å². The molecule has 3 nitrogen and oxygen atoms in total. The molecule has 1 aromatic carbocycles. The Bertz CT molecular complexity index is 578. The van der Waals surface area contributed by atoms with Crippen molar-refractivity contribution in [3.05, 3.63) is 28.8 Å². The molecule has 1 amide bonds. The average molecular weight is 320 g/mol. The predicted molar refractivity (Wildman–Crippen MR) is 86.1 cm³/mol. The van der Waals surface area contributed by atoms with E-state index in [-0.39, 0.29) is 17.2 Å². The number of hydrogen-bond donors (Lipinski definition) is 2. The van der Waals surface area contributed by atoms with E-state index >= 15 is 0 Å². The molecule has 0 unspecified atom stereocenters. The molecule has 0 spiro atoms. The number of nitrogens with one attached hydrogen (secondary N) is 1. The molecule has 0 aromatic heterocycles. The normalized spacial score (nSPS) is 35.6. The van der Waals surface area contributed by atoms with E-state index in [2.05, 4.69) is 5.32 Å². The summed E-state index contributed by atoms with van der Waals surface area (Å²) in [7, 11) is 0. The lowest BCUT2D eigenvalue weighted by atomic mass is 9.49. The van der Waals surface area contributed by atoms with Crippen LogP contribution in [0.15, 0.2) is 18.2 Å². The third-order valence-corrected chi connectivity index (χ3v) is 6.23. The molecule has 118 valence electrons. The van der Waals surface area contributed by atoms with Crippen LogP contribution in [0.4, 0.5) is 0 Å². The second-order valence-corrected chi connectivity index (χ2v) is 8.20.